The Bertz CT molecular complexity index is 741. The summed E-state index contributed by atoms with van der Waals surface area (Å²) in [6, 6.07) is 8.22. The van der Waals surface area contributed by atoms with Gasteiger partial charge in [-0.2, -0.15) is 0 Å². The molecule has 1 aliphatic heterocycles. The smallest absolute Gasteiger partial charge is 0.270 e. The van der Waals surface area contributed by atoms with E-state index in [0.29, 0.717) is 0 Å². The van der Waals surface area contributed by atoms with Crippen molar-refractivity contribution in [2.24, 2.45) is 4.99 Å². The Labute approximate surface area is 113 Å². The lowest BCUT2D eigenvalue weighted by molar-refractivity contribution is 0.740. The number of fused-ring (bicyclic) bond motifs is 1. The molecular formula is C13H12N2OS2. The highest BCUT2D eigenvalue weighted by Crippen LogP contribution is 2.14. The molecule has 2 aromatic rings. The van der Waals surface area contributed by atoms with Gasteiger partial charge in [0.1, 0.15) is 0 Å². The lowest BCUT2D eigenvalue weighted by Crippen LogP contribution is -2.29. The fraction of sp³-hybridized carbons (Fsp3) is 0.231. The Morgan fingerprint density at radius 1 is 1.39 bits per heavy atom. The van der Waals surface area contributed by atoms with Crippen molar-refractivity contribution in [3.05, 3.63) is 49.5 Å². The van der Waals surface area contributed by atoms with Crippen LogP contribution >= 0.6 is 23.1 Å². The first-order valence-electron chi connectivity index (χ1n) is 5.68. The summed E-state index contributed by atoms with van der Waals surface area (Å²) in [6.07, 6.45) is 3.99. The minimum atomic E-state index is 0.0881. The third-order valence-electron chi connectivity index (χ3n) is 2.87. The van der Waals surface area contributed by atoms with Crippen LogP contribution in [0.2, 0.25) is 0 Å². The minimum Gasteiger partial charge on any atom is -0.282 e. The number of nitrogens with zero attached hydrogens (tertiary/aromatic N) is 2. The maximum atomic E-state index is 12.1. The highest BCUT2D eigenvalue weighted by atomic mass is 32.2. The van der Waals surface area contributed by atoms with Crippen molar-refractivity contribution in [2.75, 3.05) is 12.8 Å². The van der Waals surface area contributed by atoms with Gasteiger partial charge in [0.2, 0.25) is 0 Å². The second kappa shape index (κ2) is 4.74. The van der Waals surface area contributed by atoms with Crippen LogP contribution in [-0.4, -0.2) is 17.4 Å². The van der Waals surface area contributed by atoms with Gasteiger partial charge in [-0.15, -0.1) is 11.8 Å². The van der Waals surface area contributed by atoms with E-state index >= 15 is 0 Å². The first-order chi connectivity index (χ1) is 8.78. The van der Waals surface area contributed by atoms with E-state index in [1.54, 1.807) is 16.3 Å². The van der Waals surface area contributed by atoms with Crippen LogP contribution in [0.3, 0.4) is 0 Å². The summed E-state index contributed by atoms with van der Waals surface area (Å²) in [5.74, 6) is 0. The van der Waals surface area contributed by atoms with Crippen LogP contribution in [-0.2, 0) is 6.54 Å². The molecule has 0 unspecified atom stereocenters. The molecule has 0 aliphatic carbocycles. The number of hydrogen-bond acceptors (Lipinski definition) is 4. The molecule has 1 aromatic carbocycles. The monoisotopic (exact) mass is 276 g/mol. The summed E-state index contributed by atoms with van der Waals surface area (Å²) >= 11 is 3.19. The van der Waals surface area contributed by atoms with Crippen molar-refractivity contribution in [1.29, 1.82) is 0 Å². The summed E-state index contributed by atoms with van der Waals surface area (Å²) in [7, 11) is 0. The molecule has 5 heteroatoms. The van der Waals surface area contributed by atoms with Crippen molar-refractivity contribution in [3.63, 3.8) is 0 Å². The van der Waals surface area contributed by atoms with Crippen LogP contribution in [0, 0.1) is 0 Å². The fourth-order valence-corrected chi connectivity index (χ4v) is 3.36. The van der Waals surface area contributed by atoms with Gasteiger partial charge in [-0.1, -0.05) is 23.5 Å². The van der Waals surface area contributed by atoms with Gasteiger partial charge in [0.15, 0.2) is 4.80 Å². The topological polar surface area (TPSA) is 34.4 Å². The van der Waals surface area contributed by atoms with Crippen LogP contribution in [0.5, 0.6) is 0 Å². The van der Waals surface area contributed by atoms with Crippen molar-refractivity contribution in [1.82, 2.24) is 4.57 Å². The Kier molecular flexibility index (Phi) is 3.09. The standard InChI is InChI=1S/C13H12N2OS2/c1-17-10-4-2-9(3-5-10)8-11-12(16)15-7-6-14-13(15)18-11/h2-5,8H,6-7H2,1H3/b11-8-. The zero-order valence-electron chi connectivity index (χ0n) is 9.92. The molecule has 1 aliphatic rings. The van der Waals surface area contributed by atoms with Gasteiger partial charge in [-0.05, 0) is 30.0 Å². The lowest BCUT2D eigenvalue weighted by Gasteiger charge is -1.95. The summed E-state index contributed by atoms with van der Waals surface area (Å²) in [5, 5.41) is 0. The second-order valence-electron chi connectivity index (χ2n) is 4.00. The summed E-state index contributed by atoms with van der Waals surface area (Å²) in [6.45, 7) is 1.47. The van der Waals surface area contributed by atoms with E-state index in [0.717, 1.165) is 28.0 Å². The molecule has 0 bridgehead atoms. The maximum Gasteiger partial charge on any atom is 0.270 e. The summed E-state index contributed by atoms with van der Waals surface area (Å²) in [5.41, 5.74) is 1.15. The van der Waals surface area contributed by atoms with Gasteiger partial charge in [0, 0.05) is 11.4 Å². The third kappa shape index (κ3) is 2.04. The lowest BCUT2D eigenvalue weighted by atomic mass is 10.2. The molecule has 0 amide bonds. The molecule has 0 spiro atoms. The number of hydrogen-bond donors (Lipinski definition) is 0. The van der Waals surface area contributed by atoms with Gasteiger partial charge < -0.3 is 0 Å². The van der Waals surface area contributed by atoms with E-state index < -0.39 is 0 Å². The van der Waals surface area contributed by atoms with Gasteiger partial charge in [0.05, 0.1) is 11.1 Å². The zero-order chi connectivity index (χ0) is 12.5. The Morgan fingerprint density at radius 2 is 2.17 bits per heavy atom. The Hall–Kier alpha value is -1.33. The van der Waals surface area contributed by atoms with Crippen LogP contribution in [0.1, 0.15) is 5.56 Å². The van der Waals surface area contributed by atoms with E-state index in [-0.39, 0.29) is 5.56 Å². The molecule has 0 atom stereocenters. The molecule has 2 heterocycles. The number of aromatic nitrogens is 1. The van der Waals surface area contributed by atoms with Gasteiger partial charge in [-0.25, -0.2) is 0 Å². The number of rotatable bonds is 2. The third-order valence-corrected chi connectivity index (χ3v) is 4.66. The second-order valence-corrected chi connectivity index (χ2v) is 5.89. The van der Waals surface area contributed by atoms with Gasteiger partial charge in [0.25, 0.3) is 5.56 Å². The largest absolute Gasteiger partial charge is 0.282 e. The van der Waals surface area contributed by atoms with E-state index in [1.165, 1.54) is 16.2 Å². The zero-order valence-corrected chi connectivity index (χ0v) is 11.6. The molecule has 3 nitrogen and oxygen atoms in total. The molecular weight excluding hydrogens is 264 g/mol. The van der Waals surface area contributed by atoms with Crippen LogP contribution < -0.4 is 14.9 Å². The van der Waals surface area contributed by atoms with Crippen molar-refractivity contribution < 1.29 is 0 Å². The molecule has 0 saturated heterocycles. The van der Waals surface area contributed by atoms with Crippen LogP contribution in [0.4, 0.5) is 0 Å². The molecule has 0 radical (unpaired) electrons. The predicted molar refractivity (Wildman–Crippen MR) is 76.0 cm³/mol. The molecule has 18 heavy (non-hydrogen) atoms. The molecule has 0 N–H and O–H groups in total. The normalized spacial score (nSPS) is 14.6. The summed E-state index contributed by atoms with van der Waals surface area (Å²) < 4.78 is 2.53. The Balaban J connectivity index is 2.09. The number of benzene rings is 1. The highest BCUT2D eigenvalue weighted by molar-refractivity contribution is 7.98. The number of thiazole rings is 1. The summed E-state index contributed by atoms with van der Waals surface area (Å²) in [4.78, 5) is 18.5. The molecule has 3 rings (SSSR count). The molecule has 0 fully saturated rings. The van der Waals surface area contributed by atoms with Crippen molar-refractivity contribution >= 4 is 29.2 Å². The van der Waals surface area contributed by atoms with Crippen LogP contribution in [0.15, 0.2) is 38.9 Å². The van der Waals surface area contributed by atoms with E-state index in [9.17, 15) is 4.79 Å². The predicted octanol–water partition coefficient (Wildman–Crippen LogP) is 1.09. The first kappa shape index (κ1) is 11.7. The highest BCUT2D eigenvalue weighted by Gasteiger charge is 2.09. The average molecular weight is 276 g/mol. The van der Waals surface area contributed by atoms with Crippen molar-refractivity contribution in [2.45, 2.75) is 11.4 Å². The average Bonchev–Trinajstić information content (AvgIpc) is 2.95. The molecule has 92 valence electrons. The minimum absolute atomic E-state index is 0.0881. The first-order valence-corrected chi connectivity index (χ1v) is 7.72. The van der Waals surface area contributed by atoms with Gasteiger partial charge >= 0.3 is 0 Å². The SMILES string of the molecule is CSc1ccc(/C=c2\sc3n(c2=O)CCN=3)cc1. The Morgan fingerprint density at radius 3 is 2.83 bits per heavy atom. The van der Waals surface area contributed by atoms with Crippen molar-refractivity contribution in [3.8, 4) is 0 Å². The van der Waals surface area contributed by atoms with Gasteiger partial charge in [-0.3, -0.25) is 14.4 Å². The van der Waals surface area contributed by atoms with Crippen LogP contribution in [0.25, 0.3) is 6.08 Å². The molecule has 0 saturated carbocycles. The molecule has 1 aromatic heterocycles. The van der Waals surface area contributed by atoms with E-state index in [1.807, 2.05) is 18.2 Å². The van der Waals surface area contributed by atoms with E-state index in [4.69, 9.17) is 0 Å². The maximum absolute atomic E-state index is 12.1. The fourth-order valence-electron chi connectivity index (χ4n) is 1.92. The quantitative estimate of drug-likeness (QED) is 0.770. The number of thioether (sulfide) groups is 1. The van der Waals surface area contributed by atoms with E-state index in [2.05, 4.69) is 23.4 Å².